The molecule has 0 radical (unpaired) electrons. The summed E-state index contributed by atoms with van der Waals surface area (Å²) in [7, 11) is -2.88. The van der Waals surface area contributed by atoms with Crippen LogP contribution in [0.2, 0.25) is 0 Å². The molecule has 0 heterocycles. The van der Waals surface area contributed by atoms with Crippen molar-refractivity contribution in [2.24, 2.45) is 0 Å². The molecule has 0 amide bonds. The van der Waals surface area contributed by atoms with Crippen molar-refractivity contribution in [2.45, 2.75) is 11.8 Å². The summed E-state index contributed by atoms with van der Waals surface area (Å²) in [6.45, 7) is 1.85. The highest BCUT2D eigenvalue weighted by Crippen LogP contribution is 2.28. The standard InChI is InChI=1S/C28H22O6S/c1-18-6-15-25(26(16-18)28(30)22-4-3-5-24(17-22)35(31,32)33)19-7-9-20(10-8-19)27(29)21-11-13-23(34-2)14-12-21/h3-17H,1-2H3,(H,31,32,33). The minimum absolute atomic E-state index is 0.137. The van der Waals surface area contributed by atoms with Crippen molar-refractivity contribution in [3.63, 3.8) is 0 Å². The van der Waals surface area contributed by atoms with Gasteiger partial charge < -0.3 is 4.74 Å². The molecule has 0 aliphatic heterocycles. The molecule has 0 aliphatic carbocycles. The second-order valence-corrected chi connectivity index (χ2v) is 9.44. The lowest BCUT2D eigenvalue weighted by Gasteiger charge is -2.12. The van der Waals surface area contributed by atoms with Gasteiger partial charge >= 0.3 is 0 Å². The van der Waals surface area contributed by atoms with Crippen molar-refractivity contribution in [1.29, 1.82) is 0 Å². The number of aryl methyl sites for hydroxylation is 1. The smallest absolute Gasteiger partial charge is 0.294 e. The van der Waals surface area contributed by atoms with Crippen LogP contribution >= 0.6 is 0 Å². The number of carbonyl (C=O) groups is 2. The molecular weight excluding hydrogens is 464 g/mol. The summed E-state index contributed by atoms with van der Waals surface area (Å²) in [5.41, 5.74) is 3.77. The maximum Gasteiger partial charge on any atom is 0.294 e. The third-order valence-corrected chi connectivity index (χ3v) is 6.47. The zero-order chi connectivity index (χ0) is 25.2. The first kappa shape index (κ1) is 24.1. The molecule has 0 spiro atoms. The molecular formula is C28H22O6S. The predicted molar refractivity (Wildman–Crippen MR) is 133 cm³/mol. The van der Waals surface area contributed by atoms with E-state index in [0.29, 0.717) is 28.0 Å². The van der Waals surface area contributed by atoms with Crippen LogP contribution in [0.25, 0.3) is 11.1 Å². The van der Waals surface area contributed by atoms with E-state index in [9.17, 15) is 22.6 Å². The van der Waals surface area contributed by atoms with Crippen LogP contribution in [0.5, 0.6) is 5.75 Å². The molecule has 4 aromatic rings. The molecule has 0 atom stereocenters. The molecule has 1 N–H and O–H groups in total. The molecule has 6 nitrogen and oxygen atoms in total. The van der Waals surface area contributed by atoms with Crippen LogP contribution < -0.4 is 4.74 Å². The Bertz CT molecular complexity index is 1520. The van der Waals surface area contributed by atoms with Gasteiger partial charge in [-0.15, -0.1) is 0 Å². The highest BCUT2D eigenvalue weighted by molar-refractivity contribution is 7.85. The van der Waals surface area contributed by atoms with Crippen LogP contribution in [-0.4, -0.2) is 31.6 Å². The quantitative estimate of drug-likeness (QED) is 0.278. The molecule has 35 heavy (non-hydrogen) atoms. The molecule has 0 bridgehead atoms. The Hall–Kier alpha value is -4.07. The third kappa shape index (κ3) is 5.21. The van der Waals surface area contributed by atoms with E-state index in [1.807, 2.05) is 19.1 Å². The van der Waals surface area contributed by atoms with Gasteiger partial charge in [-0.2, -0.15) is 8.42 Å². The molecule has 0 aromatic heterocycles. The summed E-state index contributed by atoms with van der Waals surface area (Å²) in [6, 6.07) is 24.5. The fourth-order valence-corrected chi connectivity index (χ4v) is 4.29. The Kier molecular flexibility index (Phi) is 6.64. The Balaban J connectivity index is 1.69. The van der Waals surface area contributed by atoms with Gasteiger partial charge in [-0.3, -0.25) is 14.1 Å². The summed E-state index contributed by atoms with van der Waals surface area (Å²) in [5, 5.41) is 0. The Morgan fingerprint density at radius 3 is 1.97 bits per heavy atom. The number of hydrogen-bond acceptors (Lipinski definition) is 5. The molecule has 0 aliphatic rings. The second-order valence-electron chi connectivity index (χ2n) is 8.02. The molecule has 0 saturated heterocycles. The van der Waals surface area contributed by atoms with Gasteiger partial charge in [0.1, 0.15) is 5.75 Å². The number of ketones is 2. The molecule has 0 saturated carbocycles. The zero-order valence-electron chi connectivity index (χ0n) is 19.1. The Morgan fingerprint density at radius 1 is 0.743 bits per heavy atom. The highest BCUT2D eigenvalue weighted by Gasteiger charge is 2.19. The summed E-state index contributed by atoms with van der Waals surface area (Å²) >= 11 is 0. The van der Waals surface area contributed by atoms with Crippen LogP contribution in [0.1, 0.15) is 37.4 Å². The van der Waals surface area contributed by atoms with Crippen LogP contribution in [0.15, 0.2) is 95.9 Å². The van der Waals surface area contributed by atoms with Crippen molar-refractivity contribution in [2.75, 3.05) is 7.11 Å². The number of methoxy groups -OCH3 is 1. The monoisotopic (exact) mass is 486 g/mol. The average Bonchev–Trinajstić information content (AvgIpc) is 2.87. The Morgan fingerprint density at radius 2 is 1.37 bits per heavy atom. The number of carbonyl (C=O) groups excluding carboxylic acids is 2. The van der Waals surface area contributed by atoms with Gasteiger partial charge in [0, 0.05) is 22.3 Å². The van der Waals surface area contributed by atoms with Gasteiger partial charge in [0.2, 0.25) is 0 Å². The summed E-state index contributed by atoms with van der Waals surface area (Å²) in [4.78, 5) is 25.8. The lowest BCUT2D eigenvalue weighted by molar-refractivity contribution is 0.103. The van der Waals surface area contributed by atoms with E-state index in [1.165, 1.54) is 18.2 Å². The van der Waals surface area contributed by atoms with E-state index in [2.05, 4.69) is 0 Å². The maximum absolute atomic E-state index is 13.3. The van der Waals surface area contributed by atoms with Crippen LogP contribution in [0, 0.1) is 6.92 Å². The normalized spacial score (nSPS) is 11.2. The average molecular weight is 487 g/mol. The van der Waals surface area contributed by atoms with Crippen molar-refractivity contribution in [1.82, 2.24) is 0 Å². The first-order valence-electron chi connectivity index (χ1n) is 10.7. The first-order chi connectivity index (χ1) is 16.7. The highest BCUT2D eigenvalue weighted by atomic mass is 32.2. The van der Waals surface area contributed by atoms with E-state index in [4.69, 9.17) is 4.74 Å². The van der Waals surface area contributed by atoms with Gasteiger partial charge in [0.05, 0.1) is 12.0 Å². The van der Waals surface area contributed by atoms with Crippen molar-refractivity contribution < 1.29 is 27.3 Å². The third-order valence-electron chi connectivity index (χ3n) is 5.62. The predicted octanol–water partition coefficient (Wildman–Crippen LogP) is 5.38. The summed E-state index contributed by atoms with van der Waals surface area (Å²) in [6.07, 6.45) is 0. The largest absolute Gasteiger partial charge is 0.497 e. The fourth-order valence-electron chi connectivity index (χ4n) is 3.76. The van der Waals surface area contributed by atoms with Gasteiger partial charge in [-0.25, -0.2) is 0 Å². The van der Waals surface area contributed by atoms with Gasteiger partial charge in [-0.05, 0) is 60.5 Å². The molecule has 0 fully saturated rings. The number of benzene rings is 4. The van der Waals surface area contributed by atoms with Gasteiger partial charge in [0.15, 0.2) is 11.6 Å². The van der Waals surface area contributed by atoms with Crippen molar-refractivity contribution in [3.8, 4) is 16.9 Å². The number of ether oxygens (including phenoxy) is 1. The molecule has 0 unspecified atom stereocenters. The zero-order valence-corrected chi connectivity index (χ0v) is 19.9. The molecule has 4 rings (SSSR count). The summed E-state index contributed by atoms with van der Waals surface area (Å²) in [5.74, 6) is 0.143. The van der Waals surface area contributed by atoms with Crippen molar-refractivity contribution >= 4 is 21.7 Å². The van der Waals surface area contributed by atoms with E-state index in [1.54, 1.807) is 61.7 Å². The number of hydrogen-bond donors (Lipinski definition) is 1. The summed E-state index contributed by atoms with van der Waals surface area (Å²) < 4.78 is 37.5. The topological polar surface area (TPSA) is 97.7 Å². The Labute approximate surface area is 203 Å². The second kappa shape index (κ2) is 9.66. The molecule has 7 heteroatoms. The van der Waals surface area contributed by atoms with Crippen molar-refractivity contribution in [3.05, 3.63) is 119 Å². The SMILES string of the molecule is COc1ccc(C(=O)c2ccc(-c3ccc(C)cc3C(=O)c3cccc(S(=O)(=O)O)c3)cc2)cc1. The lowest BCUT2D eigenvalue weighted by Crippen LogP contribution is -2.07. The molecule has 176 valence electrons. The van der Waals surface area contributed by atoms with Gasteiger partial charge in [-0.1, -0.05) is 54.1 Å². The van der Waals surface area contributed by atoms with E-state index < -0.39 is 10.1 Å². The van der Waals surface area contributed by atoms with Crippen LogP contribution in [0.3, 0.4) is 0 Å². The first-order valence-corrected chi connectivity index (χ1v) is 12.1. The number of rotatable bonds is 7. The fraction of sp³-hybridized carbons (Fsp3) is 0.0714. The van der Waals surface area contributed by atoms with Crippen LogP contribution in [0.4, 0.5) is 0 Å². The minimum atomic E-state index is -4.44. The van der Waals surface area contributed by atoms with E-state index in [-0.39, 0.29) is 22.0 Å². The van der Waals surface area contributed by atoms with E-state index in [0.717, 1.165) is 17.2 Å². The lowest BCUT2D eigenvalue weighted by atomic mass is 9.91. The molecule has 4 aromatic carbocycles. The van der Waals surface area contributed by atoms with Gasteiger partial charge in [0.25, 0.3) is 10.1 Å². The van der Waals surface area contributed by atoms with E-state index >= 15 is 0 Å². The minimum Gasteiger partial charge on any atom is -0.497 e. The maximum atomic E-state index is 13.3. The van der Waals surface area contributed by atoms with Crippen LogP contribution in [-0.2, 0) is 10.1 Å².